The fourth-order valence-corrected chi connectivity index (χ4v) is 2.43. The average Bonchev–Trinajstić information content (AvgIpc) is 2.82. The average molecular weight is 470 g/mol. The largest absolute Gasteiger partial charge is 0.510 e. The summed E-state index contributed by atoms with van der Waals surface area (Å²) < 4.78 is 15.3. The molecule has 178 valence electrons. The minimum absolute atomic E-state index is 0.0534. The number of nitrogens with zero attached hydrogens (tertiary/aromatic N) is 3. The molecule has 2 N–H and O–H groups in total. The van der Waals surface area contributed by atoms with Crippen LogP contribution in [0.15, 0.2) is 76.8 Å². The van der Waals surface area contributed by atoms with E-state index in [2.05, 4.69) is 22.1 Å². The summed E-state index contributed by atoms with van der Waals surface area (Å²) in [5.41, 5.74) is -0.0603. The lowest BCUT2D eigenvalue weighted by molar-refractivity contribution is -0.384. The normalized spacial score (nSPS) is 11.4. The summed E-state index contributed by atoms with van der Waals surface area (Å²) in [6.07, 6.45) is 1.05. The minimum Gasteiger partial charge on any atom is -0.510 e. The van der Waals surface area contributed by atoms with Crippen LogP contribution in [-0.4, -0.2) is 42.2 Å². The number of aliphatic hydroxyl groups is 1. The second kappa shape index (κ2) is 12.3. The highest BCUT2D eigenvalue weighted by Gasteiger charge is 2.15. The number of rotatable bonds is 11. The molecule has 0 unspecified atom stereocenters. The Morgan fingerprint density at radius 1 is 1.21 bits per heavy atom. The quantitative estimate of drug-likeness (QED) is 0.0938. The van der Waals surface area contributed by atoms with E-state index in [0.717, 1.165) is 12.1 Å². The van der Waals surface area contributed by atoms with E-state index in [-0.39, 0.29) is 36.0 Å². The Labute approximate surface area is 194 Å². The summed E-state index contributed by atoms with van der Waals surface area (Å²) in [5, 5.41) is 31.0. The van der Waals surface area contributed by atoms with Crippen LogP contribution in [0.25, 0.3) is 0 Å². The third-order valence-corrected chi connectivity index (χ3v) is 4.06. The van der Waals surface area contributed by atoms with Gasteiger partial charge in [-0.3, -0.25) is 14.9 Å². The van der Waals surface area contributed by atoms with Gasteiger partial charge in [0.25, 0.3) is 11.6 Å². The molecule has 12 heteroatoms. The van der Waals surface area contributed by atoms with Gasteiger partial charge in [-0.1, -0.05) is 6.58 Å². The van der Waals surface area contributed by atoms with Gasteiger partial charge in [-0.05, 0) is 37.3 Å². The number of hydrogen-bond acceptors (Lipinski definition) is 10. The first-order valence-corrected chi connectivity index (χ1v) is 9.72. The zero-order valence-corrected chi connectivity index (χ0v) is 18.4. The van der Waals surface area contributed by atoms with Crippen molar-refractivity contribution in [2.75, 3.05) is 25.6 Å². The summed E-state index contributed by atoms with van der Waals surface area (Å²) in [5.74, 6) is -1.13. The van der Waals surface area contributed by atoms with Crippen molar-refractivity contribution in [3.05, 3.63) is 76.7 Å². The number of nitro benzene ring substituents is 1. The number of ether oxygens (including phenoxy) is 3. The first-order chi connectivity index (χ1) is 16.2. The van der Waals surface area contributed by atoms with Gasteiger partial charge < -0.3 is 24.6 Å². The summed E-state index contributed by atoms with van der Waals surface area (Å²) in [7, 11) is 1.31. The molecule has 2 rings (SSSR count). The van der Waals surface area contributed by atoms with E-state index in [9.17, 15) is 24.8 Å². The van der Waals surface area contributed by atoms with Crippen molar-refractivity contribution in [1.82, 2.24) is 0 Å². The number of aliphatic hydroxyl groups excluding tert-OH is 1. The number of allylic oxidation sites excluding steroid dienone is 1. The molecule has 12 nitrogen and oxygen atoms in total. The first kappa shape index (κ1) is 25.5. The van der Waals surface area contributed by atoms with Crippen LogP contribution in [0, 0.1) is 10.1 Å². The number of hydrogen-bond donors (Lipinski definition) is 2. The molecule has 0 saturated heterocycles. The highest BCUT2D eigenvalue weighted by Crippen LogP contribution is 2.32. The van der Waals surface area contributed by atoms with Crippen molar-refractivity contribution in [3.63, 3.8) is 0 Å². The first-order valence-electron chi connectivity index (χ1n) is 9.72. The van der Waals surface area contributed by atoms with Crippen molar-refractivity contribution in [3.8, 4) is 11.5 Å². The molecule has 1 amide bonds. The molecule has 0 spiro atoms. The van der Waals surface area contributed by atoms with Crippen molar-refractivity contribution in [2.45, 2.75) is 6.92 Å². The van der Waals surface area contributed by atoms with Crippen molar-refractivity contribution >= 4 is 28.9 Å². The molecule has 34 heavy (non-hydrogen) atoms. The van der Waals surface area contributed by atoms with Crippen LogP contribution in [0.5, 0.6) is 11.5 Å². The molecular formula is C22H22N4O8. The maximum absolute atomic E-state index is 12.6. The maximum Gasteiger partial charge on any atom is 0.330 e. The summed E-state index contributed by atoms with van der Waals surface area (Å²) in [4.78, 5) is 33.8. The van der Waals surface area contributed by atoms with E-state index in [1.54, 1.807) is 24.3 Å². The van der Waals surface area contributed by atoms with Gasteiger partial charge in [-0.2, -0.15) is 0 Å². The Morgan fingerprint density at radius 3 is 2.50 bits per heavy atom. The predicted molar refractivity (Wildman–Crippen MR) is 121 cm³/mol. The van der Waals surface area contributed by atoms with Crippen LogP contribution < -0.4 is 14.8 Å². The summed E-state index contributed by atoms with van der Waals surface area (Å²) >= 11 is 0. The molecule has 0 aliphatic carbocycles. The Hall–Kier alpha value is -4.74. The fraction of sp³-hybridized carbons (Fsp3) is 0.182. The minimum atomic E-state index is -0.741. The lowest BCUT2D eigenvalue weighted by Crippen LogP contribution is -2.14. The molecule has 0 aliphatic rings. The summed E-state index contributed by atoms with van der Waals surface area (Å²) in [6, 6.07) is 9.97. The topological polar surface area (TPSA) is 162 Å². The van der Waals surface area contributed by atoms with Gasteiger partial charge in [0, 0.05) is 17.8 Å². The number of carbonyl (C=O) groups excluding carboxylic acids is 2. The van der Waals surface area contributed by atoms with E-state index in [0.29, 0.717) is 11.4 Å². The maximum atomic E-state index is 12.6. The molecule has 0 heterocycles. The van der Waals surface area contributed by atoms with Gasteiger partial charge >= 0.3 is 5.97 Å². The molecule has 2 aromatic carbocycles. The Balaban J connectivity index is 2.04. The molecule has 0 atom stereocenters. The summed E-state index contributed by atoms with van der Waals surface area (Å²) in [6.45, 7) is 4.74. The van der Waals surface area contributed by atoms with E-state index in [1.807, 2.05) is 0 Å². The number of methoxy groups -OCH3 is 1. The van der Waals surface area contributed by atoms with E-state index in [1.165, 1.54) is 26.2 Å². The van der Waals surface area contributed by atoms with Gasteiger partial charge in [0.2, 0.25) is 0 Å². The van der Waals surface area contributed by atoms with Crippen LogP contribution >= 0.6 is 0 Å². The van der Waals surface area contributed by atoms with Gasteiger partial charge in [-0.15, -0.1) is 10.2 Å². The van der Waals surface area contributed by atoms with Crippen LogP contribution in [0.3, 0.4) is 0 Å². The number of azo groups is 1. The Kier molecular flexibility index (Phi) is 9.26. The van der Waals surface area contributed by atoms with E-state index < -0.39 is 22.6 Å². The smallest absolute Gasteiger partial charge is 0.330 e. The lowest BCUT2D eigenvalue weighted by Gasteiger charge is -2.09. The van der Waals surface area contributed by atoms with Gasteiger partial charge in [-0.25, -0.2) is 4.79 Å². The highest BCUT2D eigenvalue weighted by molar-refractivity contribution is 6.03. The Morgan fingerprint density at radius 2 is 1.91 bits per heavy atom. The molecule has 0 saturated carbocycles. The SMILES string of the molecule is C=CC(=O)OCCOc1ccc(NC(=O)C(N=Nc2ccc([N+](=O)[O-])cc2OC)=C(C)O)cc1. The molecule has 0 aromatic heterocycles. The lowest BCUT2D eigenvalue weighted by atomic mass is 10.2. The van der Waals surface area contributed by atoms with Gasteiger partial charge in [0.15, 0.2) is 11.4 Å². The number of anilines is 1. The molecule has 0 radical (unpaired) electrons. The molecule has 2 aromatic rings. The third kappa shape index (κ3) is 7.44. The fourth-order valence-electron chi connectivity index (χ4n) is 2.43. The molecule has 0 bridgehead atoms. The number of nitro groups is 1. The van der Waals surface area contributed by atoms with Crippen LogP contribution in [0.1, 0.15) is 6.92 Å². The molecular weight excluding hydrogens is 448 g/mol. The zero-order chi connectivity index (χ0) is 25.1. The van der Waals surface area contributed by atoms with Crippen LogP contribution in [0.4, 0.5) is 17.1 Å². The van der Waals surface area contributed by atoms with Crippen molar-refractivity contribution < 1.29 is 33.8 Å². The highest BCUT2D eigenvalue weighted by atomic mass is 16.6. The van der Waals surface area contributed by atoms with Crippen molar-refractivity contribution in [1.29, 1.82) is 0 Å². The number of carbonyl (C=O) groups is 2. The standard InChI is InChI=1S/C22H22N4O8/c1-4-20(28)34-12-11-33-17-8-5-15(6-9-17)23-22(29)21(14(2)27)25-24-18-10-7-16(26(30)31)13-19(18)32-3/h4-10,13,27H,1,11-12H2,2-3H3,(H,23,29). The second-order valence-corrected chi connectivity index (χ2v) is 6.45. The predicted octanol–water partition coefficient (Wildman–Crippen LogP) is 4.22. The van der Waals surface area contributed by atoms with E-state index in [4.69, 9.17) is 14.2 Å². The monoisotopic (exact) mass is 470 g/mol. The number of benzene rings is 2. The zero-order valence-electron chi connectivity index (χ0n) is 18.4. The van der Waals surface area contributed by atoms with Crippen molar-refractivity contribution in [2.24, 2.45) is 10.2 Å². The molecule has 0 fully saturated rings. The molecule has 0 aliphatic heterocycles. The second-order valence-electron chi connectivity index (χ2n) is 6.45. The number of esters is 1. The Bertz CT molecular complexity index is 1120. The van der Waals surface area contributed by atoms with Gasteiger partial charge in [0.05, 0.1) is 18.1 Å². The number of non-ortho nitro benzene ring substituents is 1. The number of nitrogens with one attached hydrogen (secondary N) is 1. The number of amides is 1. The third-order valence-electron chi connectivity index (χ3n) is 4.06. The van der Waals surface area contributed by atoms with Gasteiger partial charge in [0.1, 0.15) is 30.4 Å². The van der Waals surface area contributed by atoms with Crippen LogP contribution in [0.2, 0.25) is 0 Å². The van der Waals surface area contributed by atoms with Crippen LogP contribution in [-0.2, 0) is 14.3 Å². The van der Waals surface area contributed by atoms with E-state index >= 15 is 0 Å².